The summed E-state index contributed by atoms with van der Waals surface area (Å²) < 4.78 is 5.91. The molecule has 108 valence electrons. The lowest BCUT2D eigenvalue weighted by atomic mass is 9.87. The summed E-state index contributed by atoms with van der Waals surface area (Å²) in [6.45, 7) is 2.14. The summed E-state index contributed by atoms with van der Waals surface area (Å²) in [6.07, 6.45) is 4.33. The van der Waals surface area contributed by atoms with Gasteiger partial charge in [-0.05, 0) is 38.2 Å². The number of carboxylic acid groups (broad SMARTS) is 1. The van der Waals surface area contributed by atoms with E-state index in [0.29, 0.717) is 18.7 Å². The SMILES string of the molecule is O=C(O)C1CCC(Oc2cccc(N3CCC3)n2)CC1. The molecule has 1 saturated carbocycles. The number of nitrogens with zero attached hydrogens (tertiary/aromatic N) is 2. The van der Waals surface area contributed by atoms with Crippen LogP contribution in [0.15, 0.2) is 18.2 Å². The molecule has 0 radical (unpaired) electrons. The molecule has 0 spiro atoms. The second-order valence-electron chi connectivity index (χ2n) is 5.60. The zero-order valence-electron chi connectivity index (χ0n) is 11.5. The average Bonchev–Trinajstić information content (AvgIpc) is 2.38. The summed E-state index contributed by atoms with van der Waals surface area (Å²) in [7, 11) is 0. The normalized spacial score (nSPS) is 25.9. The van der Waals surface area contributed by atoms with E-state index in [9.17, 15) is 4.79 Å². The monoisotopic (exact) mass is 276 g/mol. The van der Waals surface area contributed by atoms with E-state index in [1.807, 2.05) is 18.2 Å². The van der Waals surface area contributed by atoms with Crippen LogP contribution in [-0.2, 0) is 4.79 Å². The molecule has 0 amide bonds. The van der Waals surface area contributed by atoms with Crippen molar-refractivity contribution in [2.24, 2.45) is 5.92 Å². The van der Waals surface area contributed by atoms with E-state index >= 15 is 0 Å². The number of ether oxygens (including phenoxy) is 1. The maximum absolute atomic E-state index is 10.9. The molecule has 1 aliphatic carbocycles. The van der Waals surface area contributed by atoms with E-state index in [2.05, 4.69) is 9.88 Å². The number of carboxylic acids is 1. The smallest absolute Gasteiger partial charge is 0.306 e. The minimum atomic E-state index is -0.679. The van der Waals surface area contributed by atoms with Crippen molar-refractivity contribution in [3.8, 4) is 5.88 Å². The van der Waals surface area contributed by atoms with Gasteiger partial charge in [0.05, 0.1) is 5.92 Å². The number of pyridine rings is 1. The van der Waals surface area contributed by atoms with E-state index < -0.39 is 5.97 Å². The largest absolute Gasteiger partial charge is 0.481 e. The van der Waals surface area contributed by atoms with Crippen molar-refractivity contribution in [3.05, 3.63) is 18.2 Å². The summed E-state index contributed by atoms with van der Waals surface area (Å²) in [5, 5.41) is 8.99. The second kappa shape index (κ2) is 5.69. The highest BCUT2D eigenvalue weighted by Crippen LogP contribution is 2.28. The second-order valence-corrected chi connectivity index (χ2v) is 5.60. The molecular weight excluding hydrogens is 256 g/mol. The van der Waals surface area contributed by atoms with Gasteiger partial charge in [-0.3, -0.25) is 4.79 Å². The maximum Gasteiger partial charge on any atom is 0.306 e. The molecule has 3 rings (SSSR count). The van der Waals surface area contributed by atoms with Crippen LogP contribution in [0.5, 0.6) is 5.88 Å². The Kier molecular flexibility index (Phi) is 3.76. The Morgan fingerprint density at radius 1 is 1.25 bits per heavy atom. The van der Waals surface area contributed by atoms with Crippen molar-refractivity contribution in [2.75, 3.05) is 18.0 Å². The first kappa shape index (κ1) is 13.2. The van der Waals surface area contributed by atoms with Crippen LogP contribution in [0.3, 0.4) is 0 Å². The van der Waals surface area contributed by atoms with Crippen LogP contribution in [0.1, 0.15) is 32.1 Å². The number of anilines is 1. The number of aliphatic carboxylic acids is 1. The first-order valence-corrected chi connectivity index (χ1v) is 7.34. The third kappa shape index (κ3) is 2.86. The molecule has 0 aromatic carbocycles. The standard InChI is InChI=1S/C15H20N2O3/c18-15(19)11-5-7-12(8-6-11)20-14-4-1-3-13(16-14)17-9-2-10-17/h1,3-4,11-12H,2,5-10H2,(H,18,19). The van der Waals surface area contributed by atoms with Crippen molar-refractivity contribution >= 4 is 11.8 Å². The minimum Gasteiger partial charge on any atom is -0.481 e. The molecule has 0 unspecified atom stereocenters. The Bertz CT molecular complexity index is 480. The van der Waals surface area contributed by atoms with Gasteiger partial charge in [-0.15, -0.1) is 0 Å². The molecule has 2 aliphatic rings. The van der Waals surface area contributed by atoms with Crippen LogP contribution in [0.25, 0.3) is 0 Å². The van der Waals surface area contributed by atoms with Gasteiger partial charge in [-0.1, -0.05) is 6.07 Å². The summed E-state index contributed by atoms with van der Waals surface area (Å²) in [5.74, 6) is 0.762. The molecular formula is C15H20N2O3. The minimum absolute atomic E-state index is 0.102. The Labute approximate surface area is 118 Å². The lowest BCUT2D eigenvalue weighted by molar-refractivity contribution is -0.143. The summed E-state index contributed by atoms with van der Waals surface area (Å²) in [6, 6.07) is 5.86. The van der Waals surface area contributed by atoms with Gasteiger partial charge in [0.2, 0.25) is 5.88 Å². The average molecular weight is 276 g/mol. The quantitative estimate of drug-likeness (QED) is 0.914. The lowest BCUT2D eigenvalue weighted by Gasteiger charge is -2.32. The van der Waals surface area contributed by atoms with Crippen molar-refractivity contribution < 1.29 is 14.6 Å². The summed E-state index contributed by atoms with van der Waals surface area (Å²) in [5.41, 5.74) is 0. The fourth-order valence-electron chi connectivity index (χ4n) is 2.79. The molecule has 1 aromatic rings. The number of carbonyl (C=O) groups is 1. The number of aromatic nitrogens is 1. The van der Waals surface area contributed by atoms with Crippen LogP contribution < -0.4 is 9.64 Å². The molecule has 2 fully saturated rings. The number of hydrogen-bond donors (Lipinski definition) is 1. The molecule has 0 atom stereocenters. The van der Waals surface area contributed by atoms with Gasteiger partial charge in [0.25, 0.3) is 0 Å². The van der Waals surface area contributed by atoms with Crippen molar-refractivity contribution in [2.45, 2.75) is 38.2 Å². The molecule has 5 heteroatoms. The van der Waals surface area contributed by atoms with Gasteiger partial charge in [-0.25, -0.2) is 0 Å². The fourth-order valence-corrected chi connectivity index (χ4v) is 2.79. The van der Waals surface area contributed by atoms with Crippen LogP contribution in [0.4, 0.5) is 5.82 Å². The molecule has 1 saturated heterocycles. The Morgan fingerprint density at radius 2 is 2.00 bits per heavy atom. The van der Waals surface area contributed by atoms with Crippen molar-refractivity contribution in [3.63, 3.8) is 0 Å². The van der Waals surface area contributed by atoms with E-state index in [4.69, 9.17) is 9.84 Å². The predicted octanol–water partition coefficient (Wildman–Crippen LogP) is 2.31. The van der Waals surface area contributed by atoms with E-state index in [1.165, 1.54) is 6.42 Å². The highest BCUT2D eigenvalue weighted by atomic mass is 16.5. The topological polar surface area (TPSA) is 62.7 Å². The molecule has 5 nitrogen and oxygen atoms in total. The van der Waals surface area contributed by atoms with Gasteiger partial charge in [0.15, 0.2) is 0 Å². The highest BCUT2D eigenvalue weighted by molar-refractivity contribution is 5.70. The van der Waals surface area contributed by atoms with E-state index in [-0.39, 0.29) is 12.0 Å². The highest BCUT2D eigenvalue weighted by Gasteiger charge is 2.27. The number of rotatable bonds is 4. The molecule has 1 aromatic heterocycles. The third-order valence-electron chi connectivity index (χ3n) is 4.20. The number of hydrogen-bond acceptors (Lipinski definition) is 4. The summed E-state index contributed by atoms with van der Waals surface area (Å²) >= 11 is 0. The predicted molar refractivity (Wildman–Crippen MR) is 75.1 cm³/mol. The van der Waals surface area contributed by atoms with Crippen molar-refractivity contribution in [1.29, 1.82) is 0 Å². The van der Waals surface area contributed by atoms with Gasteiger partial charge in [0, 0.05) is 19.2 Å². The Balaban J connectivity index is 1.57. The zero-order valence-corrected chi connectivity index (χ0v) is 11.5. The van der Waals surface area contributed by atoms with Crippen molar-refractivity contribution in [1.82, 2.24) is 4.98 Å². The Hall–Kier alpha value is -1.78. The van der Waals surface area contributed by atoms with Crippen LogP contribution in [0, 0.1) is 5.92 Å². The Morgan fingerprint density at radius 3 is 2.60 bits per heavy atom. The van der Waals surface area contributed by atoms with Crippen LogP contribution in [-0.4, -0.2) is 35.3 Å². The molecule has 2 heterocycles. The van der Waals surface area contributed by atoms with Crippen LogP contribution >= 0.6 is 0 Å². The zero-order chi connectivity index (χ0) is 13.9. The van der Waals surface area contributed by atoms with Gasteiger partial charge >= 0.3 is 5.97 Å². The molecule has 1 aliphatic heterocycles. The molecule has 0 bridgehead atoms. The molecule has 1 N–H and O–H groups in total. The van der Waals surface area contributed by atoms with E-state index in [0.717, 1.165) is 31.7 Å². The van der Waals surface area contributed by atoms with Gasteiger partial charge < -0.3 is 14.7 Å². The first-order chi connectivity index (χ1) is 9.72. The summed E-state index contributed by atoms with van der Waals surface area (Å²) in [4.78, 5) is 17.7. The third-order valence-corrected chi connectivity index (χ3v) is 4.20. The van der Waals surface area contributed by atoms with E-state index in [1.54, 1.807) is 0 Å². The maximum atomic E-state index is 10.9. The van der Waals surface area contributed by atoms with Crippen LogP contribution in [0.2, 0.25) is 0 Å². The first-order valence-electron chi connectivity index (χ1n) is 7.34. The van der Waals surface area contributed by atoms with Gasteiger partial charge in [-0.2, -0.15) is 4.98 Å². The van der Waals surface area contributed by atoms with Gasteiger partial charge in [0.1, 0.15) is 11.9 Å². The fraction of sp³-hybridized carbons (Fsp3) is 0.600. The molecule has 20 heavy (non-hydrogen) atoms. The lowest BCUT2D eigenvalue weighted by Crippen LogP contribution is -2.37.